The fraction of sp³-hybridized carbons (Fsp3) is 0.143. The zero-order chi connectivity index (χ0) is 19.6. The number of Topliss-reactive ketones (excluding diaryl/α,β-unsaturated/α-hetero) is 2. The zero-order valence-electron chi connectivity index (χ0n) is 15.1. The van der Waals surface area contributed by atoms with E-state index < -0.39 is 0 Å². The summed E-state index contributed by atoms with van der Waals surface area (Å²) in [4.78, 5) is 29.6. The Morgan fingerprint density at radius 3 is 2.04 bits per heavy atom. The van der Waals surface area contributed by atoms with E-state index in [1.165, 1.54) is 32.3 Å². The van der Waals surface area contributed by atoms with Gasteiger partial charge in [0.2, 0.25) is 0 Å². The average Bonchev–Trinajstić information content (AvgIpc) is 2.68. The SMILES string of the molecule is CC(=O)c1ccncc1O.CC(=O)c1ccncc1OCc1ccccc1. The maximum absolute atomic E-state index is 11.4. The molecule has 0 spiro atoms. The van der Waals surface area contributed by atoms with Crippen LogP contribution in [0.5, 0.6) is 11.5 Å². The number of aromatic nitrogens is 2. The second kappa shape index (κ2) is 9.82. The van der Waals surface area contributed by atoms with Crippen molar-refractivity contribution in [3.8, 4) is 11.5 Å². The van der Waals surface area contributed by atoms with Gasteiger partial charge in [-0.05, 0) is 31.5 Å². The predicted molar refractivity (Wildman–Crippen MR) is 101 cm³/mol. The lowest BCUT2D eigenvalue weighted by Crippen LogP contribution is -2.01. The molecule has 2 heterocycles. The topological polar surface area (TPSA) is 89.4 Å². The second-order valence-electron chi connectivity index (χ2n) is 5.65. The van der Waals surface area contributed by atoms with Gasteiger partial charge in [0.1, 0.15) is 18.1 Å². The van der Waals surface area contributed by atoms with Crippen LogP contribution in [0.3, 0.4) is 0 Å². The Bertz CT molecular complexity index is 911. The molecule has 138 valence electrons. The molecule has 0 amide bonds. The zero-order valence-corrected chi connectivity index (χ0v) is 15.1. The van der Waals surface area contributed by atoms with E-state index >= 15 is 0 Å². The van der Waals surface area contributed by atoms with Crippen molar-refractivity contribution in [3.63, 3.8) is 0 Å². The molecule has 0 atom stereocenters. The number of hydrogen-bond donors (Lipinski definition) is 1. The van der Waals surface area contributed by atoms with Crippen LogP contribution < -0.4 is 4.74 Å². The molecule has 0 aliphatic rings. The van der Waals surface area contributed by atoms with E-state index in [0.717, 1.165) is 5.56 Å². The maximum atomic E-state index is 11.4. The van der Waals surface area contributed by atoms with E-state index in [1.807, 2.05) is 30.3 Å². The highest BCUT2D eigenvalue weighted by Crippen LogP contribution is 2.18. The molecule has 1 aromatic carbocycles. The number of hydrogen-bond acceptors (Lipinski definition) is 6. The molecule has 0 radical (unpaired) electrons. The minimum atomic E-state index is -0.153. The highest BCUT2D eigenvalue weighted by Gasteiger charge is 2.07. The van der Waals surface area contributed by atoms with Gasteiger partial charge in [-0.15, -0.1) is 0 Å². The fourth-order valence-corrected chi connectivity index (χ4v) is 2.20. The van der Waals surface area contributed by atoms with Crippen LogP contribution in [0.2, 0.25) is 0 Å². The number of nitrogens with zero attached hydrogens (tertiary/aromatic N) is 2. The monoisotopic (exact) mass is 364 g/mol. The van der Waals surface area contributed by atoms with Crippen LogP contribution in [0.4, 0.5) is 0 Å². The summed E-state index contributed by atoms with van der Waals surface area (Å²) in [5, 5.41) is 9.00. The van der Waals surface area contributed by atoms with Crippen LogP contribution in [0.15, 0.2) is 67.3 Å². The Labute approximate surface area is 157 Å². The lowest BCUT2D eigenvalue weighted by molar-refractivity contribution is 0.100. The van der Waals surface area contributed by atoms with E-state index in [9.17, 15) is 9.59 Å². The van der Waals surface area contributed by atoms with Crippen LogP contribution >= 0.6 is 0 Å². The van der Waals surface area contributed by atoms with Gasteiger partial charge in [-0.1, -0.05) is 30.3 Å². The van der Waals surface area contributed by atoms with E-state index in [1.54, 1.807) is 18.5 Å². The summed E-state index contributed by atoms with van der Waals surface area (Å²) in [7, 11) is 0. The average molecular weight is 364 g/mol. The molecule has 3 aromatic rings. The lowest BCUT2D eigenvalue weighted by atomic mass is 10.2. The molecule has 0 unspecified atom stereocenters. The van der Waals surface area contributed by atoms with Crippen LogP contribution in [0.1, 0.15) is 40.1 Å². The molecular formula is C21H20N2O4. The first kappa shape index (κ1) is 19.8. The molecule has 27 heavy (non-hydrogen) atoms. The minimum Gasteiger partial charge on any atom is -0.506 e. The Morgan fingerprint density at radius 2 is 1.48 bits per heavy atom. The minimum absolute atomic E-state index is 0.0181. The number of aromatic hydroxyl groups is 1. The lowest BCUT2D eigenvalue weighted by Gasteiger charge is -2.08. The van der Waals surface area contributed by atoms with Gasteiger partial charge in [-0.2, -0.15) is 0 Å². The van der Waals surface area contributed by atoms with Gasteiger partial charge in [0.25, 0.3) is 0 Å². The molecule has 0 aliphatic heterocycles. The van der Waals surface area contributed by atoms with Gasteiger partial charge in [0, 0.05) is 12.4 Å². The Hall–Kier alpha value is -3.54. The van der Waals surface area contributed by atoms with E-state index in [4.69, 9.17) is 9.84 Å². The number of rotatable bonds is 5. The normalized spacial score (nSPS) is 9.70. The molecule has 0 bridgehead atoms. The molecule has 0 aliphatic carbocycles. The Balaban J connectivity index is 0.000000223. The molecule has 3 rings (SSSR count). The second-order valence-corrected chi connectivity index (χ2v) is 5.65. The van der Waals surface area contributed by atoms with Crippen molar-refractivity contribution in [1.82, 2.24) is 9.97 Å². The first-order valence-electron chi connectivity index (χ1n) is 8.24. The maximum Gasteiger partial charge on any atom is 0.163 e. The molecule has 1 N–H and O–H groups in total. The summed E-state index contributed by atoms with van der Waals surface area (Å²) in [6.07, 6.45) is 5.87. The number of benzene rings is 1. The standard InChI is InChI=1S/C14H13NO2.C7H7NO2/c1-11(16)13-7-8-15-9-14(13)17-10-12-5-3-2-4-6-12;1-5(9)6-2-3-8-4-7(6)10/h2-9H,10H2,1H3;2-4,10H,1H3. The number of carbonyl (C=O) groups excluding carboxylic acids is 2. The fourth-order valence-electron chi connectivity index (χ4n) is 2.20. The van der Waals surface area contributed by atoms with Crippen molar-refractivity contribution in [3.05, 3.63) is 83.9 Å². The van der Waals surface area contributed by atoms with Gasteiger partial charge in [0.15, 0.2) is 11.6 Å². The highest BCUT2D eigenvalue weighted by atomic mass is 16.5. The molecule has 6 heteroatoms. The largest absolute Gasteiger partial charge is 0.506 e. The first-order chi connectivity index (χ1) is 13.0. The summed E-state index contributed by atoms with van der Waals surface area (Å²) in [6, 6.07) is 13.0. The summed E-state index contributed by atoms with van der Waals surface area (Å²) in [6.45, 7) is 3.35. The molecule has 2 aromatic heterocycles. The van der Waals surface area contributed by atoms with Crippen LogP contribution in [0, 0.1) is 0 Å². The number of ether oxygens (including phenoxy) is 1. The van der Waals surface area contributed by atoms with Crippen molar-refractivity contribution in [1.29, 1.82) is 0 Å². The Morgan fingerprint density at radius 1 is 0.889 bits per heavy atom. The van der Waals surface area contributed by atoms with E-state index in [2.05, 4.69) is 9.97 Å². The smallest absolute Gasteiger partial charge is 0.163 e. The molecule has 0 saturated carbocycles. The van der Waals surface area contributed by atoms with Crippen molar-refractivity contribution in [2.24, 2.45) is 0 Å². The van der Waals surface area contributed by atoms with Crippen molar-refractivity contribution in [2.75, 3.05) is 0 Å². The number of ketones is 2. The Kier molecular flexibility index (Phi) is 7.19. The van der Waals surface area contributed by atoms with Crippen LogP contribution in [0.25, 0.3) is 0 Å². The van der Waals surface area contributed by atoms with Crippen molar-refractivity contribution < 1.29 is 19.4 Å². The third kappa shape index (κ3) is 6.04. The van der Waals surface area contributed by atoms with Gasteiger partial charge in [0.05, 0.1) is 23.5 Å². The van der Waals surface area contributed by atoms with Crippen LogP contribution in [-0.4, -0.2) is 26.6 Å². The van der Waals surface area contributed by atoms with Crippen LogP contribution in [-0.2, 0) is 6.61 Å². The van der Waals surface area contributed by atoms with E-state index in [-0.39, 0.29) is 17.3 Å². The summed E-state index contributed by atoms with van der Waals surface area (Å²) in [5.74, 6) is 0.300. The number of carbonyl (C=O) groups is 2. The number of pyridine rings is 2. The third-order valence-electron chi connectivity index (χ3n) is 3.58. The predicted octanol–water partition coefficient (Wildman–Crippen LogP) is 3.85. The van der Waals surface area contributed by atoms with E-state index in [0.29, 0.717) is 23.5 Å². The van der Waals surface area contributed by atoms with Gasteiger partial charge in [-0.25, -0.2) is 0 Å². The quantitative estimate of drug-likeness (QED) is 0.692. The third-order valence-corrected chi connectivity index (χ3v) is 3.58. The first-order valence-corrected chi connectivity index (χ1v) is 8.24. The van der Waals surface area contributed by atoms with Crippen molar-refractivity contribution >= 4 is 11.6 Å². The highest BCUT2D eigenvalue weighted by molar-refractivity contribution is 5.96. The molecule has 0 saturated heterocycles. The summed E-state index contributed by atoms with van der Waals surface area (Å²) in [5.41, 5.74) is 1.94. The molecular weight excluding hydrogens is 344 g/mol. The van der Waals surface area contributed by atoms with Gasteiger partial charge >= 0.3 is 0 Å². The van der Waals surface area contributed by atoms with Gasteiger partial charge in [-0.3, -0.25) is 19.6 Å². The summed E-state index contributed by atoms with van der Waals surface area (Å²) >= 11 is 0. The molecule has 0 fully saturated rings. The summed E-state index contributed by atoms with van der Waals surface area (Å²) < 4.78 is 5.60. The molecule has 6 nitrogen and oxygen atoms in total. The van der Waals surface area contributed by atoms with Gasteiger partial charge < -0.3 is 9.84 Å². The van der Waals surface area contributed by atoms with Crippen molar-refractivity contribution in [2.45, 2.75) is 20.5 Å².